The second-order valence-corrected chi connectivity index (χ2v) is 7.00. The summed E-state index contributed by atoms with van der Waals surface area (Å²) < 4.78 is 0. The van der Waals surface area contributed by atoms with Gasteiger partial charge in [0.15, 0.2) is 0 Å². The summed E-state index contributed by atoms with van der Waals surface area (Å²) in [6, 6.07) is 2.05. The molecule has 0 bridgehead atoms. The number of carboxylic acid groups (broad SMARTS) is 1. The number of carboxylic acids is 1. The molecule has 1 aromatic rings. The smallest absolute Gasteiger partial charge is 0.303 e. The summed E-state index contributed by atoms with van der Waals surface area (Å²) in [5.74, 6) is -0.0186. The Balaban J connectivity index is 1.73. The Labute approximate surface area is 129 Å². The Morgan fingerprint density at radius 3 is 2.95 bits per heavy atom. The first-order chi connectivity index (χ1) is 10.1. The number of hydrogen-bond donors (Lipinski definition) is 2. The van der Waals surface area contributed by atoms with Gasteiger partial charge in [0.25, 0.3) is 5.91 Å². The standard InChI is InChI=1S/C16H23NO3S/c1-11-6-7-13-12(9-11)10-14(21-13)16(20)17-8-4-2-3-5-15(18)19/h10-11H,2-9H2,1H3,(H,17,20)(H,18,19)/t11-/m1/s1. The summed E-state index contributed by atoms with van der Waals surface area (Å²) in [4.78, 5) is 24.7. The molecule has 0 saturated carbocycles. The van der Waals surface area contributed by atoms with Crippen LogP contribution < -0.4 is 5.32 Å². The number of rotatable bonds is 7. The van der Waals surface area contributed by atoms with Gasteiger partial charge >= 0.3 is 5.97 Å². The topological polar surface area (TPSA) is 66.4 Å². The first-order valence-electron chi connectivity index (χ1n) is 7.68. The SMILES string of the molecule is C[C@@H]1CCc2sc(C(=O)NCCCCCC(=O)O)cc2C1. The van der Waals surface area contributed by atoms with Gasteiger partial charge in [-0.3, -0.25) is 9.59 Å². The van der Waals surface area contributed by atoms with E-state index in [1.807, 2.05) is 0 Å². The van der Waals surface area contributed by atoms with E-state index in [9.17, 15) is 9.59 Å². The second kappa shape index (κ2) is 7.59. The van der Waals surface area contributed by atoms with Gasteiger partial charge in [-0.1, -0.05) is 13.3 Å². The van der Waals surface area contributed by atoms with Crippen molar-refractivity contribution in [3.8, 4) is 0 Å². The zero-order valence-electron chi connectivity index (χ0n) is 12.5. The molecule has 0 unspecified atom stereocenters. The molecule has 1 heterocycles. The average molecular weight is 309 g/mol. The summed E-state index contributed by atoms with van der Waals surface area (Å²) in [5, 5.41) is 11.5. The molecule has 0 aliphatic heterocycles. The van der Waals surface area contributed by atoms with Gasteiger partial charge < -0.3 is 10.4 Å². The second-order valence-electron chi connectivity index (χ2n) is 5.87. The van der Waals surface area contributed by atoms with Crippen molar-refractivity contribution in [2.75, 3.05) is 6.54 Å². The number of nitrogens with one attached hydrogen (secondary N) is 1. The average Bonchev–Trinajstić information content (AvgIpc) is 2.85. The quantitative estimate of drug-likeness (QED) is 0.760. The third kappa shape index (κ3) is 4.84. The van der Waals surface area contributed by atoms with E-state index in [2.05, 4.69) is 18.3 Å². The molecule has 1 atom stereocenters. The molecule has 0 aromatic carbocycles. The lowest BCUT2D eigenvalue weighted by atomic mass is 9.90. The number of aliphatic carboxylic acids is 1. The van der Waals surface area contributed by atoms with Gasteiger partial charge in [-0.15, -0.1) is 11.3 Å². The number of hydrogen-bond acceptors (Lipinski definition) is 3. The van der Waals surface area contributed by atoms with Crippen LogP contribution in [0, 0.1) is 5.92 Å². The van der Waals surface area contributed by atoms with Crippen LogP contribution in [0.4, 0.5) is 0 Å². The molecule has 0 saturated heterocycles. The van der Waals surface area contributed by atoms with Gasteiger partial charge in [0, 0.05) is 17.8 Å². The van der Waals surface area contributed by atoms with Gasteiger partial charge in [-0.05, 0) is 49.7 Å². The zero-order valence-corrected chi connectivity index (χ0v) is 13.3. The fourth-order valence-electron chi connectivity index (χ4n) is 2.68. The van der Waals surface area contributed by atoms with Crippen molar-refractivity contribution in [2.45, 2.75) is 51.9 Å². The molecule has 1 aliphatic rings. The van der Waals surface area contributed by atoms with E-state index in [4.69, 9.17) is 5.11 Å². The van der Waals surface area contributed by atoms with Crippen LogP contribution >= 0.6 is 11.3 Å². The molecule has 1 aliphatic carbocycles. The van der Waals surface area contributed by atoms with E-state index in [1.54, 1.807) is 11.3 Å². The molecule has 1 amide bonds. The lowest BCUT2D eigenvalue weighted by Crippen LogP contribution is -2.23. The van der Waals surface area contributed by atoms with E-state index in [0.717, 1.165) is 36.5 Å². The Kier molecular flexibility index (Phi) is 5.79. The molecule has 1 aromatic heterocycles. The molecular formula is C16H23NO3S. The highest BCUT2D eigenvalue weighted by molar-refractivity contribution is 7.14. The maximum absolute atomic E-state index is 12.1. The van der Waals surface area contributed by atoms with E-state index in [-0.39, 0.29) is 12.3 Å². The molecule has 2 rings (SSSR count). The number of carbonyl (C=O) groups is 2. The molecular weight excluding hydrogens is 286 g/mol. The number of amides is 1. The Hall–Kier alpha value is -1.36. The van der Waals surface area contributed by atoms with Crippen LogP contribution in [0.1, 0.15) is 59.1 Å². The van der Waals surface area contributed by atoms with Crippen molar-refractivity contribution in [1.29, 1.82) is 0 Å². The van der Waals surface area contributed by atoms with E-state index >= 15 is 0 Å². The minimum atomic E-state index is -0.752. The number of carbonyl (C=O) groups excluding carboxylic acids is 1. The van der Waals surface area contributed by atoms with Crippen LogP contribution in [-0.2, 0) is 17.6 Å². The Morgan fingerprint density at radius 1 is 1.38 bits per heavy atom. The monoisotopic (exact) mass is 309 g/mol. The van der Waals surface area contributed by atoms with Crippen molar-refractivity contribution < 1.29 is 14.7 Å². The third-order valence-electron chi connectivity index (χ3n) is 3.91. The lowest BCUT2D eigenvalue weighted by molar-refractivity contribution is -0.137. The van der Waals surface area contributed by atoms with E-state index in [1.165, 1.54) is 16.9 Å². The van der Waals surface area contributed by atoms with Gasteiger partial charge in [-0.2, -0.15) is 0 Å². The van der Waals surface area contributed by atoms with Crippen LogP contribution in [0.25, 0.3) is 0 Å². The molecule has 0 spiro atoms. The summed E-state index contributed by atoms with van der Waals surface area (Å²) in [6.07, 6.45) is 5.97. The van der Waals surface area contributed by atoms with E-state index < -0.39 is 5.97 Å². The zero-order chi connectivity index (χ0) is 15.2. The number of aryl methyl sites for hydroxylation is 1. The van der Waals surface area contributed by atoms with Gasteiger partial charge in [0.1, 0.15) is 0 Å². The van der Waals surface area contributed by atoms with Crippen molar-refractivity contribution in [3.63, 3.8) is 0 Å². The molecule has 5 heteroatoms. The van der Waals surface area contributed by atoms with Crippen LogP contribution in [0.5, 0.6) is 0 Å². The summed E-state index contributed by atoms with van der Waals surface area (Å²) >= 11 is 1.63. The van der Waals surface area contributed by atoms with E-state index in [0.29, 0.717) is 13.0 Å². The molecule has 116 valence electrons. The van der Waals surface area contributed by atoms with Crippen LogP contribution in [0.15, 0.2) is 6.07 Å². The van der Waals surface area contributed by atoms with Gasteiger partial charge in [-0.25, -0.2) is 0 Å². The fraction of sp³-hybridized carbons (Fsp3) is 0.625. The van der Waals surface area contributed by atoms with Crippen molar-refractivity contribution in [3.05, 3.63) is 21.4 Å². The molecule has 2 N–H and O–H groups in total. The number of thiophene rings is 1. The molecule has 4 nitrogen and oxygen atoms in total. The first kappa shape index (κ1) is 16.0. The summed E-state index contributed by atoms with van der Waals surface area (Å²) in [7, 11) is 0. The van der Waals surface area contributed by atoms with Crippen molar-refractivity contribution >= 4 is 23.2 Å². The fourth-order valence-corrected chi connectivity index (χ4v) is 3.81. The molecule has 0 radical (unpaired) electrons. The van der Waals surface area contributed by atoms with Crippen molar-refractivity contribution in [2.24, 2.45) is 5.92 Å². The summed E-state index contributed by atoms with van der Waals surface area (Å²) in [5.41, 5.74) is 1.35. The predicted molar refractivity (Wildman–Crippen MR) is 83.9 cm³/mol. The number of fused-ring (bicyclic) bond motifs is 1. The molecule has 21 heavy (non-hydrogen) atoms. The van der Waals surface area contributed by atoms with Crippen LogP contribution in [0.2, 0.25) is 0 Å². The van der Waals surface area contributed by atoms with Gasteiger partial charge in [0.2, 0.25) is 0 Å². The maximum Gasteiger partial charge on any atom is 0.303 e. The minimum Gasteiger partial charge on any atom is -0.481 e. The van der Waals surface area contributed by atoms with Crippen molar-refractivity contribution in [1.82, 2.24) is 5.32 Å². The highest BCUT2D eigenvalue weighted by atomic mass is 32.1. The Morgan fingerprint density at radius 2 is 2.19 bits per heavy atom. The molecule has 0 fully saturated rings. The van der Waals surface area contributed by atoms with Crippen LogP contribution in [0.3, 0.4) is 0 Å². The summed E-state index contributed by atoms with van der Waals surface area (Å²) in [6.45, 7) is 2.88. The third-order valence-corrected chi connectivity index (χ3v) is 5.14. The largest absolute Gasteiger partial charge is 0.481 e. The maximum atomic E-state index is 12.1. The first-order valence-corrected chi connectivity index (χ1v) is 8.49. The normalized spacial score (nSPS) is 17.3. The Bertz CT molecular complexity index is 510. The van der Waals surface area contributed by atoms with Crippen LogP contribution in [-0.4, -0.2) is 23.5 Å². The lowest BCUT2D eigenvalue weighted by Gasteiger charge is -2.16. The number of unbranched alkanes of at least 4 members (excludes halogenated alkanes) is 2. The highest BCUT2D eigenvalue weighted by Crippen LogP contribution is 2.32. The predicted octanol–water partition coefficient (Wildman–Crippen LogP) is 3.25. The highest BCUT2D eigenvalue weighted by Gasteiger charge is 2.20. The minimum absolute atomic E-state index is 0.0142. The van der Waals surface area contributed by atoms with Gasteiger partial charge in [0.05, 0.1) is 4.88 Å².